The molecule has 0 bridgehead atoms. The number of rotatable bonds is 7. The number of allylic oxidation sites excluding steroid dienone is 1. The van der Waals surface area contributed by atoms with Crippen molar-refractivity contribution in [2.24, 2.45) is 0 Å². The smallest absolute Gasteiger partial charge is 0.227 e. The number of anilines is 3. The van der Waals surface area contributed by atoms with Crippen molar-refractivity contribution in [2.45, 2.75) is 64.3 Å². The van der Waals surface area contributed by atoms with Crippen LogP contribution >= 0.6 is 11.6 Å². The lowest BCUT2D eigenvalue weighted by Gasteiger charge is -2.37. The molecule has 1 saturated carbocycles. The van der Waals surface area contributed by atoms with E-state index in [0.29, 0.717) is 22.9 Å². The van der Waals surface area contributed by atoms with Crippen molar-refractivity contribution in [3.63, 3.8) is 0 Å². The number of aryl methyl sites for hydroxylation is 2. The number of halogens is 1. The van der Waals surface area contributed by atoms with Gasteiger partial charge < -0.3 is 15.1 Å². The molecule has 3 aromatic rings. The Morgan fingerprint density at radius 3 is 2.66 bits per heavy atom. The van der Waals surface area contributed by atoms with Crippen molar-refractivity contribution in [2.75, 3.05) is 36.9 Å². The summed E-state index contributed by atoms with van der Waals surface area (Å²) in [5.41, 5.74) is 9.57. The van der Waals surface area contributed by atoms with Crippen molar-refractivity contribution >= 4 is 34.5 Å². The first-order chi connectivity index (χ1) is 18.5. The van der Waals surface area contributed by atoms with Gasteiger partial charge in [-0.15, -0.1) is 0 Å². The molecule has 3 aliphatic rings. The number of hydrogen-bond acceptors (Lipinski definition) is 5. The number of hydrogen-bond donors (Lipinski definition) is 1. The summed E-state index contributed by atoms with van der Waals surface area (Å²) in [5.74, 6) is 1.26. The molecule has 6 rings (SSSR count). The molecule has 198 valence electrons. The first kappa shape index (κ1) is 25.4. The van der Waals surface area contributed by atoms with Gasteiger partial charge in [0, 0.05) is 36.1 Å². The SMILES string of the molecule is CCN(C)C1CCN(c2cc(Nc3ncc(Cl)c(C4=CCCc5cc(C)ccc54)n3)cc(C3CC3)c2)CC1. The lowest BCUT2D eigenvalue weighted by Crippen LogP contribution is -2.43. The van der Waals surface area contributed by atoms with Crippen LogP contribution in [0.2, 0.25) is 5.02 Å². The van der Waals surface area contributed by atoms with Crippen LogP contribution in [0.3, 0.4) is 0 Å². The summed E-state index contributed by atoms with van der Waals surface area (Å²) in [5, 5.41) is 4.13. The zero-order valence-corrected chi connectivity index (χ0v) is 23.6. The van der Waals surface area contributed by atoms with E-state index in [1.54, 1.807) is 6.20 Å². The Hall–Kier alpha value is -2.89. The maximum atomic E-state index is 6.67. The van der Waals surface area contributed by atoms with Gasteiger partial charge in [-0.1, -0.05) is 48.4 Å². The normalized spacial score (nSPS) is 17.9. The first-order valence-electron chi connectivity index (χ1n) is 14.2. The molecule has 2 aliphatic carbocycles. The van der Waals surface area contributed by atoms with E-state index in [0.717, 1.165) is 49.4 Å². The number of benzene rings is 2. The lowest BCUT2D eigenvalue weighted by molar-refractivity contribution is 0.218. The third-order valence-electron chi connectivity index (χ3n) is 8.51. The molecule has 0 amide bonds. The van der Waals surface area contributed by atoms with Gasteiger partial charge in [0.2, 0.25) is 5.95 Å². The van der Waals surface area contributed by atoms with Gasteiger partial charge in [0.15, 0.2) is 0 Å². The van der Waals surface area contributed by atoms with Gasteiger partial charge >= 0.3 is 0 Å². The predicted octanol–water partition coefficient (Wildman–Crippen LogP) is 7.36. The first-order valence-corrected chi connectivity index (χ1v) is 14.6. The van der Waals surface area contributed by atoms with E-state index in [2.05, 4.69) is 83.5 Å². The van der Waals surface area contributed by atoms with Gasteiger partial charge in [-0.25, -0.2) is 9.97 Å². The van der Waals surface area contributed by atoms with Crippen LogP contribution in [-0.2, 0) is 6.42 Å². The molecule has 0 atom stereocenters. The summed E-state index contributed by atoms with van der Waals surface area (Å²) >= 11 is 6.67. The average Bonchev–Trinajstić information content (AvgIpc) is 3.79. The largest absolute Gasteiger partial charge is 0.371 e. The molecule has 0 radical (unpaired) electrons. The van der Waals surface area contributed by atoms with Gasteiger partial charge in [-0.2, -0.15) is 0 Å². The van der Waals surface area contributed by atoms with Crippen molar-refractivity contribution in [3.8, 4) is 0 Å². The summed E-state index contributed by atoms with van der Waals surface area (Å²) in [6, 6.07) is 14.3. The predicted molar refractivity (Wildman–Crippen MR) is 159 cm³/mol. The minimum Gasteiger partial charge on any atom is -0.371 e. The Bertz CT molecular complexity index is 1350. The van der Waals surface area contributed by atoms with E-state index >= 15 is 0 Å². The van der Waals surface area contributed by atoms with Gasteiger partial charge in [-0.3, -0.25) is 0 Å². The number of nitrogens with one attached hydrogen (secondary N) is 1. The molecule has 6 heteroatoms. The van der Waals surface area contributed by atoms with E-state index < -0.39 is 0 Å². The van der Waals surface area contributed by atoms with E-state index in [4.69, 9.17) is 16.6 Å². The minimum atomic E-state index is 0.586. The fourth-order valence-corrected chi connectivity index (χ4v) is 6.20. The average molecular weight is 528 g/mol. The molecular formula is C32H38ClN5. The Morgan fingerprint density at radius 2 is 1.89 bits per heavy atom. The van der Waals surface area contributed by atoms with Crippen molar-refractivity contribution in [1.82, 2.24) is 14.9 Å². The Balaban J connectivity index is 1.27. The van der Waals surface area contributed by atoms with Crippen LogP contribution < -0.4 is 10.2 Å². The monoisotopic (exact) mass is 527 g/mol. The summed E-state index contributed by atoms with van der Waals surface area (Å²) in [6.45, 7) is 7.70. The molecule has 2 heterocycles. The van der Waals surface area contributed by atoms with Crippen LogP contribution in [0.15, 0.2) is 48.7 Å². The Morgan fingerprint density at radius 1 is 1.08 bits per heavy atom. The summed E-state index contributed by atoms with van der Waals surface area (Å²) < 4.78 is 0. The molecular weight excluding hydrogens is 490 g/mol. The molecule has 0 spiro atoms. The maximum Gasteiger partial charge on any atom is 0.227 e. The molecule has 1 aliphatic heterocycles. The third-order valence-corrected chi connectivity index (χ3v) is 8.79. The second kappa shape index (κ2) is 10.7. The third kappa shape index (κ3) is 5.32. The summed E-state index contributed by atoms with van der Waals surface area (Å²) in [4.78, 5) is 14.6. The Kier molecular flexibility index (Phi) is 7.15. The molecule has 2 fully saturated rings. The highest BCUT2D eigenvalue weighted by Crippen LogP contribution is 2.43. The number of nitrogens with zero attached hydrogens (tertiary/aromatic N) is 4. The van der Waals surface area contributed by atoms with Crippen LogP contribution in [0.5, 0.6) is 0 Å². The van der Waals surface area contributed by atoms with Gasteiger partial charge in [-0.05, 0) is 99.8 Å². The Labute approximate surface area is 231 Å². The molecule has 1 saturated heterocycles. The molecule has 5 nitrogen and oxygen atoms in total. The van der Waals surface area contributed by atoms with E-state index in [1.165, 1.54) is 53.6 Å². The van der Waals surface area contributed by atoms with Gasteiger partial charge in [0.1, 0.15) is 0 Å². The van der Waals surface area contributed by atoms with Crippen LogP contribution in [0.25, 0.3) is 5.57 Å². The molecule has 38 heavy (non-hydrogen) atoms. The maximum absolute atomic E-state index is 6.67. The summed E-state index contributed by atoms with van der Waals surface area (Å²) in [6.07, 6.45) is 11.0. The zero-order valence-electron chi connectivity index (χ0n) is 22.8. The van der Waals surface area contributed by atoms with Crippen molar-refractivity contribution in [1.29, 1.82) is 0 Å². The fraction of sp³-hybridized carbons (Fsp3) is 0.438. The summed E-state index contributed by atoms with van der Waals surface area (Å²) in [7, 11) is 2.25. The number of aromatic nitrogens is 2. The number of piperidine rings is 1. The minimum absolute atomic E-state index is 0.586. The molecule has 2 aromatic carbocycles. The highest BCUT2D eigenvalue weighted by molar-refractivity contribution is 6.32. The second-order valence-electron chi connectivity index (χ2n) is 11.2. The fourth-order valence-electron chi connectivity index (χ4n) is 6.01. The highest BCUT2D eigenvalue weighted by Gasteiger charge is 2.27. The number of fused-ring (bicyclic) bond motifs is 1. The van der Waals surface area contributed by atoms with E-state index in [-0.39, 0.29) is 0 Å². The van der Waals surface area contributed by atoms with E-state index in [1.807, 2.05) is 0 Å². The van der Waals surface area contributed by atoms with Crippen LogP contribution in [0.1, 0.15) is 72.9 Å². The van der Waals surface area contributed by atoms with Crippen LogP contribution in [0, 0.1) is 6.92 Å². The van der Waals surface area contributed by atoms with Gasteiger partial charge in [0.05, 0.1) is 16.9 Å². The van der Waals surface area contributed by atoms with Crippen molar-refractivity contribution in [3.05, 3.63) is 81.6 Å². The molecule has 1 N–H and O–H groups in total. The standard InChI is InChI=1S/C32H38ClN5/c1-4-37(3)26-12-14-38(15-13-26)27-18-24(22-9-10-22)17-25(19-27)35-32-34-20-30(33)31(36-32)29-7-5-6-23-16-21(2)8-11-28(23)29/h7-8,11,16-20,22,26H,4-6,9-10,12-15H2,1-3H3,(H,34,35,36). The van der Waals surface area contributed by atoms with E-state index in [9.17, 15) is 0 Å². The molecule has 1 aromatic heterocycles. The lowest BCUT2D eigenvalue weighted by atomic mass is 9.88. The molecule has 0 unspecified atom stereocenters. The van der Waals surface area contributed by atoms with Crippen LogP contribution in [-0.4, -0.2) is 47.6 Å². The second-order valence-corrected chi connectivity index (χ2v) is 11.6. The quantitative estimate of drug-likeness (QED) is 0.348. The topological polar surface area (TPSA) is 44.3 Å². The van der Waals surface area contributed by atoms with Crippen molar-refractivity contribution < 1.29 is 0 Å². The van der Waals surface area contributed by atoms with Crippen LogP contribution in [0.4, 0.5) is 17.3 Å². The highest BCUT2D eigenvalue weighted by atomic mass is 35.5. The zero-order chi connectivity index (χ0) is 26.2. The van der Waals surface area contributed by atoms with Gasteiger partial charge in [0.25, 0.3) is 0 Å².